The average Bonchev–Trinajstić information content (AvgIpc) is 3.02. The van der Waals surface area contributed by atoms with Crippen LogP contribution >= 0.6 is 0 Å². The van der Waals surface area contributed by atoms with Gasteiger partial charge in [0.25, 0.3) is 5.91 Å². The number of nitrogens with zero attached hydrogens (tertiary/aromatic N) is 4. The molecule has 1 aliphatic rings. The molecule has 3 N–H and O–H groups in total. The van der Waals surface area contributed by atoms with Gasteiger partial charge in [-0.2, -0.15) is 5.10 Å². The van der Waals surface area contributed by atoms with Crippen LogP contribution in [-0.4, -0.2) is 45.4 Å². The van der Waals surface area contributed by atoms with Gasteiger partial charge < -0.3 is 15.8 Å². The van der Waals surface area contributed by atoms with E-state index in [2.05, 4.69) is 15.4 Å². The minimum absolute atomic E-state index is 0.102. The number of rotatable bonds is 5. The summed E-state index contributed by atoms with van der Waals surface area (Å²) in [6.45, 7) is 5.27. The van der Waals surface area contributed by atoms with Crippen LogP contribution in [-0.2, 0) is 11.3 Å². The van der Waals surface area contributed by atoms with Gasteiger partial charge in [-0.15, -0.1) is 0 Å². The second-order valence-electron chi connectivity index (χ2n) is 6.85. The third-order valence-corrected chi connectivity index (χ3v) is 4.24. The third-order valence-electron chi connectivity index (χ3n) is 4.24. The molecule has 1 aliphatic heterocycles. The predicted molar refractivity (Wildman–Crippen MR) is 101 cm³/mol. The average molecular weight is 370 g/mol. The van der Waals surface area contributed by atoms with E-state index in [-0.39, 0.29) is 12.5 Å². The van der Waals surface area contributed by atoms with Crippen LogP contribution in [0.1, 0.15) is 30.7 Å². The number of nitrogens with one attached hydrogen (secondary N) is 1. The number of imidazole rings is 1. The minimum atomic E-state index is -0.916. The highest BCUT2D eigenvalue weighted by Crippen LogP contribution is 2.25. The number of methoxy groups -OCH3 is 1. The van der Waals surface area contributed by atoms with Gasteiger partial charge in [-0.25, -0.2) is 14.5 Å². The van der Waals surface area contributed by atoms with Crippen molar-refractivity contribution in [3.63, 3.8) is 0 Å². The number of carbonyl (C=O) groups excluding carboxylic acids is 2. The Balaban J connectivity index is 1.87. The zero-order valence-corrected chi connectivity index (χ0v) is 15.7. The molecule has 142 valence electrons. The Bertz CT molecular complexity index is 931. The first kappa shape index (κ1) is 18.4. The van der Waals surface area contributed by atoms with E-state index in [0.717, 1.165) is 11.3 Å². The molecule has 3 rings (SSSR count). The molecule has 0 saturated carbocycles. The number of aromatic nitrogens is 2. The number of amides is 3. The quantitative estimate of drug-likeness (QED) is 0.611. The lowest BCUT2D eigenvalue weighted by Crippen LogP contribution is -2.40. The van der Waals surface area contributed by atoms with Crippen molar-refractivity contribution in [1.29, 1.82) is 0 Å². The van der Waals surface area contributed by atoms with E-state index in [1.54, 1.807) is 32.3 Å². The summed E-state index contributed by atoms with van der Waals surface area (Å²) in [7, 11) is 1.54. The predicted octanol–water partition coefficient (Wildman–Crippen LogP) is 1.49. The number of carbonyl (C=O) groups is 2. The lowest BCUT2D eigenvalue weighted by Gasteiger charge is -2.17. The highest BCUT2D eigenvalue weighted by molar-refractivity contribution is 6.06. The lowest BCUT2D eigenvalue weighted by molar-refractivity contribution is -0.130. The van der Waals surface area contributed by atoms with Gasteiger partial charge in [0.05, 0.1) is 31.8 Å². The van der Waals surface area contributed by atoms with E-state index in [1.165, 1.54) is 16.7 Å². The molecule has 0 atom stereocenters. The fourth-order valence-corrected chi connectivity index (χ4v) is 2.86. The molecule has 0 bridgehead atoms. The maximum absolute atomic E-state index is 12.4. The van der Waals surface area contributed by atoms with Crippen molar-refractivity contribution in [3.8, 4) is 5.75 Å². The molecule has 9 nitrogen and oxygen atoms in total. The Morgan fingerprint density at radius 1 is 1.37 bits per heavy atom. The Morgan fingerprint density at radius 2 is 2.11 bits per heavy atom. The van der Waals surface area contributed by atoms with Crippen molar-refractivity contribution in [2.75, 3.05) is 12.8 Å². The monoisotopic (exact) mass is 370 g/mol. The highest BCUT2D eigenvalue weighted by atomic mass is 16.5. The minimum Gasteiger partial charge on any atom is -0.496 e. The summed E-state index contributed by atoms with van der Waals surface area (Å²) in [6, 6.07) is 4.98. The molecule has 0 radical (unpaired) electrons. The van der Waals surface area contributed by atoms with Crippen molar-refractivity contribution in [1.82, 2.24) is 19.9 Å². The molecular formula is C18H22N6O3. The summed E-state index contributed by atoms with van der Waals surface area (Å²) >= 11 is 0. The molecule has 9 heteroatoms. The van der Waals surface area contributed by atoms with Crippen LogP contribution in [0.15, 0.2) is 29.5 Å². The summed E-state index contributed by atoms with van der Waals surface area (Å²) in [6.07, 6.45) is 3.34. The number of nitrogens with two attached hydrogens (primary N) is 1. The Hall–Kier alpha value is -3.36. The van der Waals surface area contributed by atoms with Gasteiger partial charge in [-0.3, -0.25) is 9.69 Å². The summed E-state index contributed by atoms with van der Waals surface area (Å²) in [5.74, 6) is 0.588. The lowest BCUT2D eigenvalue weighted by atomic mass is 10.1. The summed E-state index contributed by atoms with van der Waals surface area (Å²) in [5.41, 5.74) is 7.08. The number of anilines is 1. The SMILES string of the molecule is COc1ccc(C=Nn2cc(C)nc2N)cc1CN1C(=O)NC(C)(C)C1=O. The smallest absolute Gasteiger partial charge is 0.325 e. The van der Waals surface area contributed by atoms with E-state index < -0.39 is 11.6 Å². The summed E-state index contributed by atoms with van der Waals surface area (Å²) < 4.78 is 6.84. The van der Waals surface area contributed by atoms with Crippen LogP contribution in [0.3, 0.4) is 0 Å². The number of hydrogen-bond acceptors (Lipinski definition) is 6. The van der Waals surface area contributed by atoms with Gasteiger partial charge in [0, 0.05) is 5.56 Å². The zero-order valence-electron chi connectivity index (χ0n) is 15.7. The molecule has 0 unspecified atom stereocenters. The van der Waals surface area contributed by atoms with E-state index >= 15 is 0 Å². The van der Waals surface area contributed by atoms with Gasteiger partial charge in [0.2, 0.25) is 5.95 Å². The number of urea groups is 1. The number of aryl methyl sites for hydroxylation is 1. The molecular weight excluding hydrogens is 348 g/mol. The van der Waals surface area contributed by atoms with Crippen LogP contribution in [0.4, 0.5) is 10.7 Å². The number of benzene rings is 1. The Kier molecular flexibility index (Phi) is 4.61. The van der Waals surface area contributed by atoms with E-state index in [4.69, 9.17) is 10.5 Å². The summed E-state index contributed by atoms with van der Waals surface area (Å²) in [5, 5.41) is 6.95. The van der Waals surface area contributed by atoms with Gasteiger partial charge >= 0.3 is 6.03 Å². The fourth-order valence-electron chi connectivity index (χ4n) is 2.86. The second kappa shape index (κ2) is 6.75. The van der Waals surface area contributed by atoms with Crippen molar-refractivity contribution in [2.24, 2.45) is 5.10 Å². The number of nitrogen functional groups attached to an aromatic ring is 1. The number of hydrogen-bond donors (Lipinski definition) is 2. The maximum Gasteiger partial charge on any atom is 0.325 e. The van der Waals surface area contributed by atoms with Gasteiger partial charge in [-0.1, -0.05) is 0 Å². The van der Waals surface area contributed by atoms with Gasteiger partial charge in [0.15, 0.2) is 0 Å². The topological polar surface area (TPSA) is 115 Å². The Morgan fingerprint density at radius 3 is 2.67 bits per heavy atom. The molecule has 1 aromatic heterocycles. The first-order chi connectivity index (χ1) is 12.7. The number of ether oxygens (including phenoxy) is 1. The normalized spacial score (nSPS) is 16.2. The maximum atomic E-state index is 12.4. The van der Waals surface area contributed by atoms with Gasteiger partial charge in [-0.05, 0) is 44.5 Å². The molecule has 2 heterocycles. The molecule has 1 saturated heterocycles. The van der Waals surface area contributed by atoms with E-state index in [9.17, 15) is 9.59 Å². The van der Waals surface area contributed by atoms with Crippen molar-refractivity contribution >= 4 is 24.1 Å². The third kappa shape index (κ3) is 3.62. The Labute approximate surface area is 156 Å². The molecule has 27 heavy (non-hydrogen) atoms. The van der Waals surface area contributed by atoms with Crippen LogP contribution in [0, 0.1) is 6.92 Å². The van der Waals surface area contributed by atoms with Gasteiger partial charge in [0.1, 0.15) is 11.3 Å². The van der Waals surface area contributed by atoms with E-state index in [1.807, 2.05) is 19.1 Å². The first-order valence-electron chi connectivity index (χ1n) is 8.38. The molecule has 1 aromatic carbocycles. The van der Waals surface area contributed by atoms with Crippen LogP contribution < -0.4 is 15.8 Å². The van der Waals surface area contributed by atoms with Crippen LogP contribution in [0.2, 0.25) is 0 Å². The van der Waals surface area contributed by atoms with Crippen LogP contribution in [0.25, 0.3) is 0 Å². The molecule has 2 aromatic rings. The molecule has 0 aliphatic carbocycles. The highest BCUT2D eigenvalue weighted by Gasteiger charge is 2.44. The van der Waals surface area contributed by atoms with E-state index in [0.29, 0.717) is 17.3 Å². The zero-order chi connectivity index (χ0) is 19.8. The van der Waals surface area contributed by atoms with Crippen molar-refractivity contribution in [2.45, 2.75) is 32.9 Å². The molecule has 1 fully saturated rings. The van der Waals surface area contributed by atoms with Crippen molar-refractivity contribution in [3.05, 3.63) is 41.2 Å². The number of imide groups is 1. The summed E-state index contributed by atoms with van der Waals surface area (Å²) in [4.78, 5) is 29.8. The van der Waals surface area contributed by atoms with Crippen molar-refractivity contribution < 1.29 is 14.3 Å². The second-order valence-corrected chi connectivity index (χ2v) is 6.85. The standard InChI is InChI=1S/C18H22N6O3/c1-11-9-24(16(19)21-11)20-8-12-5-6-14(27-4)13(7-12)10-23-15(25)18(2,3)22-17(23)26/h5-9H,10H2,1-4H3,(H2,19,21)(H,22,26). The largest absolute Gasteiger partial charge is 0.496 e. The first-order valence-corrected chi connectivity index (χ1v) is 8.38. The molecule has 3 amide bonds. The van der Waals surface area contributed by atoms with Crippen LogP contribution in [0.5, 0.6) is 5.75 Å². The molecule has 0 spiro atoms. The fraction of sp³-hybridized carbons (Fsp3) is 0.333.